The molecule has 0 unspecified atom stereocenters. The Morgan fingerprint density at radius 3 is 2.21 bits per heavy atom. The number of allylic oxidation sites excluding steroid dienone is 2. The van der Waals surface area contributed by atoms with Crippen molar-refractivity contribution >= 4 is 45.4 Å². The van der Waals surface area contributed by atoms with Crippen LogP contribution in [0.3, 0.4) is 0 Å². The molecule has 0 N–H and O–H groups in total. The largest absolute Gasteiger partial charge is 0.313 e. The number of nitrogens with zero attached hydrogens (tertiary/aromatic N) is 2. The zero-order chi connectivity index (χ0) is 17.1. The lowest BCUT2D eigenvalue weighted by Gasteiger charge is -2.30. The van der Waals surface area contributed by atoms with Crippen molar-refractivity contribution in [2.24, 2.45) is 0 Å². The SMILES string of the molecule is O=C1CCCC(N(c2ccccc2)c2ccc([N+](=O)[O-])cc2)=C1I. The van der Waals surface area contributed by atoms with E-state index < -0.39 is 4.92 Å². The van der Waals surface area contributed by atoms with Crippen molar-refractivity contribution in [3.05, 3.63) is 74.0 Å². The van der Waals surface area contributed by atoms with Gasteiger partial charge in [-0.15, -0.1) is 0 Å². The topological polar surface area (TPSA) is 63.5 Å². The Balaban J connectivity index is 2.11. The molecule has 1 aliphatic carbocycles. The fourth-order valence-electron chi connectivity index (χ4n) is 2.77. The predicted octanol–water partition coefficient (Wildman–Crippen LogP) is 5.13. The van der Waals surface area contributed by atoms with Crippen LogP contribution < -0.4 is 4.90 Å². The summed E-state index contributed by atoms with van der Waals surface area (Å²) in [5.41, 5.74) is 2.75. The van der Waals surface area contributed by atoms with Crippen LogP contribution in [0.1, 0.15) is 19.3 Å². The Labute approximate surface area is 153 Å². The number of nitro benzene ring substituents is 1. The molecule has 0 saturated carbocycles. The van der Waals surface area contributed by atoms with Crippen LogP contribution in [0.5, 0.6) is 0 Å². The van der Waals surface area contributed by atoms with Crippen molar-refractivity contribution < 1.29 is 9.72 Å². The van der Waals surface area contributed by atoms with Crippen LogP contribution in [0.4, 0.5) is 17.1 Å². The number of halogens is 1. The molecule has 0 bridgehead atoms. The summed E-state index contributed by atoms with van der Waals surface area (Å²) in [4.78, 5) is 24.6. The molecule has 0 aromatic heterocycles. The number of para-hydroxylation sites is 1. The first-order valence-corrected chi connectivity index (χ1v) is 8.67. The smallest absolute Gasteiger partial charge is 0.269 e. The van der Waals surface area contributed by atoms with Crippen molar-refractivity contribution in [3.8, 4) is 0 Å². The third kappa shape index (κ3) is 3.33. The molecule has 0 fully saturated rings. The third-order valence-corrected chi connectivity index (χ3v) is 5.14. The number of hydrogen-bond donors (Lipinski definition) is 0. The number of anilines is 2. The van der Waals surface area contributed by atoms with Crippen LogP contribution in [0.2, 0.25) is 0 Å². The van der Waals surface area contributed by atoms with Crippen LogP contribution in [-0.4, -0.2) is 10.7 Å². The first kappa shape index (κ1) is 16.6. The summed E-state index contributed by atoms with van der Waals surface area (Å²) in [7, 11) is 0. The maximum absolute atomic E-state index is 12.1. The van der Waals surface area contributed by atoms with Gasteiger partial charge in [-0.2, -0.15) is 0 Å². The Morgan fingerprint density at radius 1 is 0.958 bits per heavy atom. The van der Waals surface area contributed by atoms with E-state index in [0.717, 1.165) is 33.5 Å². The Kier molecular flexibility index (Phi) is 4.94. The van der Waals surface area contributed by atoms with Crippen molar-refractivity contribution in [2.45, 2.75) is 19.3 Å². The van der Waals surface area contributed by atoms with Gasteiger partial charge in [0.2, 0.25) is 0 Å². The van der Waals surface area contributed by atoms with Gasteiger partial charge in [0.15, 0.2) is 5.78 Å². The van der Waals surface area contributed by atoms with Gasteiger partial charge in [0.1, 0.15) is 0 Å². The maximum Gasteiger partial charge on any atom is 0.269 e. The second-order valence-corrected chi connectivity index (χ2v) is 6.56. The lowest BCUT2D eigenvalue weighted by Crippen LogP contribution is -2.22. The molecule has 0 atom stereocenters. The molecule has 122 valence electrons. The van der Waals surface area contributed by atoms with Gasteiger partial charge in [-0.1, -0.05) is 18.2 Å². The summed E-state index contributed by atoms with van der Waals surface area (Å²) >= 11 is 2.11. The minimum Gasteiger partial charge on any atom is -0.313 e. The lowest BCUT2D eigenvalue weighted by atomic mass is 10.0. The standard InChI is InChI=1S/C18H15IN2O3/c19-18-16(7-4-8-17(18)22)20(13-5-2-1-3-6-13)14-9-11-15(12-10-14)21(23)24/h1-3,5-6,9-12H,4,7-8H2. The summed E-state index contributed by atoms with van der Waals surface area (Å²) in [5.74, 6) is 0.152. The van der Waals surface area contributed by atoms with E-state index >= 15 is 0 Å². The summed E-state index contributed by atoms with van der Waals surface area (Å²) < 4.78 is 0.737. The first-order valence-electron chi connectivity index (χ1n) is 7.59. The molecule has 6 heteroatoms. The predicted molar refractivity (Wildman–Crippen MR) is 102 cm³/mol. The van der Waals surface area contributed by atoms with Crippen LogP contribution in [-0.2, 0) is 4.79 Å². The van der Waals surface area contributed by atoms with Crippen LogP contribution >= 0.6 is 22.6 Å². The number of carbonyl (C=O) groups excluding carboxylic acids is 1. The fourth-order valence-corrected chi connectivity index (χ4v) is 3.55. The maximum atomic E-state index is 12.1. The monoisotopic (exact) mass is 434 g/mol. The zero-order valence-electron chi connectivity index (χ0n) is 12.8. The lowest BCUT2D eigenvalue weighted by molar-refractivity contribution is -0.384. The third-order valence-electron chi connectivity index (χ3n) is 3.92. The molecule has 0 aliphatic heterocycles. The van der Waals surface area contributed by atoms with Crippen molar-refractivity contribution in [1.82, 2.24) is 0 Å². The average molecular weight is 434 g/mol. The van der Waals surface area contributed by atoms with Crippen LogP contribution in [0, 0.1) is 10.1 Å². The number of carbonyl (C=O) groups is 1. The quantitative estimate of drug-likeness (QED) is 0.380. The number of ketones is 1. The number of non-ortho nitro benzene ring substituents is 1. The van der Waals surface area contributed by atoms with Gasteiger partial charge in [0, 0.05) is 35.6 Å². The van der Waals surface area contributed by atoms with Crippen molar-refractivity contribution in [2.75, 3.05) is 4.90 Å². The highest BCUT2D eigenvalue weighted by Gasteiger charge is 2.25. The van der Waals surface area contributed by atoms with Gasteiger partial charge in [-0.25, -0.2) is 0 Å². The second kappa shape index (κ2) is 7.12. The van der Waals surface area contributed by atoms with Gasteiger partial charge in [0.05, 0.1) is 8.50 Å². The Hall–Kier alpha value is -2.22. The van der Waals surface area contributed by atoms with Gasteiger partial charge < -0.3 is 4.90 Å². The molecule has 3 rings (SSSR count). The van der Waals surface area contributed by atoms with Crippen LogP contribution in [0.25, 0.3) is 0 Å². The number of hydrogen-bond acceptors (Lipinski definition) is 4. The molecule has 0 radical (unpaired) electrons. The Morgan fingerprint density at radius 2 is 1.58 bits per heavy atom. The fraction of sp³-hybridized carbons (Fsp3) is 0.167. The van der Waals surface area contributed by atoms with Crippen LogP contribution in [0.15, 0.2) is 63.9 Å². The van der Waals surface area contributed by atoms with E-state index in [1.807, 2.05) is 35.2 Å². The van der Waals surface area contributed by atoms with Gasteiger partial charge in [-0.05, 0) is 59.7 Å². The van der Waals surface area contributed by atoms with Gasteiger partial charge >= 0.3 is 0 Å². The van der Waals surface area contributed by atoms with E-state index in [9.17, 15) is 14.9 Å². The minimum absolute atomic E-state index is 0.0511. The van der Waals surface area contributed by atoms with E-state index in [1.54, 1.807) is 12.1 Å². The molecule has 1 aliphatic rings. The highest BCUT2D eigenvalue weighted by Crippen LogP contribution is 2.38. The molecule has 2 aromatic carbocycles. The molecule has 5 nitrogen and oxygen atoms in total. The normalized spacial score (nSPS) is 14.6. The van der Waals surface area contributed by atoms with Crippen molar-refractivity contribution in [3.63, 3.8) is 0 Å². The zero-order valence-corrected chi connectivity index (χ0v) is 15.0. The molecule has 0 heterocycles. The molecule has 0 amide bonds. The molecular formula is C18H15IN2O3. The highest BCUT2D eigenvalue weighted by molar-refractivity contribution is 14.1. The molecule has 0 spiro atoms. The number of nitro groups is 1. The molecule has 2 aromatic rings. The van der Waals surface area contributed by atoms with E-state index in [4.69, 9.17) is 0 Å². The highest BCUT2D eigenvalue weighted by atomic mass is 127. The number of benzene rings is 2. The van der Waals surface area contributed by atoms with E-state index in [1.165, 1.54) is 12.1 Å². The molecule has 24 heavy (non-hydrogen) atoms. The van der Waals surface area contributed by atoms with Gasteiger partial charge in [-0.3, -0.25) is 14.9 Å². The number of Topliss-reactive ketones (excluding diaryl/α,β-unsaturated/α-hetero) is 1. The first-order chi connectivity index (χ1) is 11.6. The molecule has 0 saturated heterocycles. The van der Waals surface area contributed by atoms with E-state index in [2.05, 4.69) is 22.6 Å². The Bertz CT molecular complexity index is 801. The average Bonchev–Trinajstić information content (AvgIpc) is 2.60. The van der Waals surface area contributed by atoms with Gasteiger partial charge in [0.25, 0.3) is 5.69 Å². The summed E-state index contributed by atoms with van der Waals surface area (Å²) in [5, 5.41) is 10.9. The van der Waals surface area contributed by atoms with E-state index in [-0.39, 0.29) is 11.5 Å². The summed E-state index contributed by atoms with van der Waals surface area (Å²) in [6.07, 6.45) is 2.19. The minimum atomic E-state index is -0.413. The van der Waals surface area contributed by atoms with Crippen molar-refractivity contribution in [1.29, 1.82) is 0 Å². The number of rotatable bonds is 4. The second-order valence-electron chi connectivity index (χ2n) is 5.48. The van der Waals surface area contributed by atoms with E-state index in [0.29, 0.717) is 6.42 Å². The summed E-state index contributed by atoms with van der Waals surface area (Å²) in [6.45, 7) is 0. The molecular weight excluding hydrogens is 419 g/mol. The summed E-state index contributed by atoms with van der Waals surface area (Å²) in [6, 6.07) is 16.2.